The fourth-order valence-corrected chi connectivity index (χ4v) is 2.40. The average Bonchev–Trinajstić information content (AvgIpc) is 3.02. The summed E-state index contributed by atoms with van der Waals surface area (Å²) in [7, 11) is 1.56. The van der Waals surface area contributed by atoms with E-state index in [4.69, 9.17) is 4.74 Å². The quantitative estimate of drug-likeness (QED) is 0.562. The molecule has 0 aliphatic rings. The Morgan fingerprint density at radius 1 is 1.13 bits per heavy atom. The number of ketones is 1. The van der Waals surface area contributed by atoms with Crippen LogP contribution in [0, 0.1) is 0 Å². The predicted octanol–water partition coefficient (Wildman–Crippen LogP) is 2.68. The van der Waals surface area contributed by atoms with Crippen molar-refractivity contribution in [2.24, 2.45) is 0 Å². The summed E-state index contributed by atoms with van der Waals surface area (Å²) < 4.78 is 5.17. The summed E-state index contributed by atoms with van der Waals surface area (Å²) in [6.45, 7) is 0.317. The van der Waals surface area contributed by atoms with Crippen molar-refractivity contribution in [3.8, 4) is 5.75 Å². The molecule has 0 radical (unpaired) electrons. The van der Waals surface area contributed by atoms with Gasteiger partial charge in [-0.25, -0.2) is 0 Å². The fourth-order valence-electron chi connectivity index (χ4n) is 2.40. The van der Waals surface area contributed by atoms with Gasteiger partial charge in [0.15, 0.2) is 0 Å². The molecular formula is C18H16N2O3. The molecule has 2 N–H and O–H groups in total. The molecule has 0 aliphatic heterocycles. The van der Waals surface area contributed by atoms with Gasteiger partial charge < -0.3 is 15.0 Å². The number of aromatic amines is 1. The maximum absolute atomic E-state index is 12.4. The van der Waals surface area contributed by atoms with Crippen LogP contribution in [0.5, 0.6) is 5.75 Å². The molecule has 0 saturated carbocycles. The van der Waals surface area contributed by atoms with E-state index < -0.39 is 11.7 Å². The second-order valence-electron chi connectivity index (χ2n) is 5.11. The predicted molar refractivity (Wildman–Crippen MR) is 87.5 cm³/mol. The van der Waals surface area contributed by atoms with E-state index >= 15 is 0 Å². The maximum Gasteiger partial charge on any atom is 0.292 e. The molecule has 116 valence electrons. The molecule has 0 saturated heterocycles. The Morgan fingerprint density at radius 2 is 1.91 bits per heavy atom. The number of Topliss-reactive ketones (excluding diaryl/α,β-unsaturated/α-hetero) is 1. The number of methoxy groups -OCH3 is 1. The number of hydrogen-bond acceptors (Lipinski definition) is 3. The van der Waals surface area contributed by atoms with E-state index in [1.165, 1.54) is 0 Å². The number of carbonyl (C=O) groups is 2. The molecule has 5 nitrogen and oxygen atoms in total. The van der Waals surface area contributed by atoms with Gasteiger partial charge in [-0.2, -0.15) is 0 Å². The maximum atomic E-state index is 12.4. The molecule has 0 spiro atoms. The van der Waals surface area contributed by atoms with Crippen molar-refractivity contribution in [1.29, 1.82) is 0 Å². The number of rotatable bonds is 5. The van der Waals surface area contributed by atoms with E-state index in [1.54, 1.807) is 25.4 Å². The molecule has 1 aromatic heterocycles. The summed E-state index contributed by atoms with van der Waals surface area (Å²) in [5.74, 6) is -0.561. The molecule has 0 atom stereocenters. The third-order valence-corrected chi connectivity index (χ3v) is 3.64. The number of aromatic nitrogens is 1. The Bertz CT molecular complexity index is 853. The Morgan fingerprint density at radius 3 is 2.65 bits per heavy atom. The lowest BCUT2D eigenvalue weighted by Gasteiger charge is -2.04. The number of fused-ring (bicyclic) bond motifs is 1. The van der Waals surface area contributed by atoms with Gasteiger partial charge in [-0.05, 0) is 23.8 Å². The second kappa shape index (κ2) is 6.36. The van der Waals surface area contributed by atoms with Crippen LogP contribution < -0.4 is 10.1 Å². The van der Waals surface area contributed by atoms with Gasteiger partial charge in [-0.3, -0.25) is 9.59 Å². The smallest absolute Gasteiger partial charge is 0.292 e. The second-order valence-corrected chi connectivity index (χ2v) is 5.11. The summed E-state index contributed by atoms with van der Waals surface area (Å²) in [6.07, 6.45) is 1.55. The monoisotopic (exact) mass is 308 g/mol. The molecule has 0 fully saturated rings. The van der Waals surface area contributed by atoms with Crippen LogP contribution in [0.15, 0.2) is 54.7 Å². The minimum atomic E-state index is -0.627. The largest absolute Gasteiger partial charge is 0.497 e. The van der Waals surface area contributed by atoms with Crippen molar-refractivity contribution in [3.05, 3.63) is 65.9 Å². The summed E-state index contributed by atoms with van der Waals surface area (Å²) in [5, 5.41) is 3.32. The Hall–Kier alpha value is -3.08. The lowest BCUT2D eigenvalue weighted by atomic mass is 10.1. The van der Waals surface area contributed by atoms with Crippen molar-refractivity contribution in [2.75, 3.05) is 7.11 Å². The van der Waals surface area contributed by atoms with Crippen molar-refractivity contribution >= 4 is 22.6 Å². The first kappa shape index (κ1) is 14.8. The van der Waals surface area contributed by atoms with Gasteiger partial charge in [0.05, 0.1) is 12.7 Å². The summed E-state index contributed by atoms with van der Waals surface area (Å²) in [5.41, 5.74) is 2.06. The van der Waals surface area contributed by atoms with Crippen molar-refractivity contribution < 1.29 is 14.3 Å². The normalized spacial score (nSPS) is 10.5. The van der Waals surface area contributed by atoms with Crippen LogP contribution in [0.4, 0.5) is 0 Å². The number of benzene rings is 2. The summed E-state index contributed by atoms with van der Waals surface area (Å²) in [6, 6.07) is 14.8. The first-order valence-corrected chi connectivity index (χ1v) is 7.20. The number of nitrogens with one attached hydrogen (secondary N) is 2. The van der Waals surface area contributed by atoms with Crippen LogP contribution in [0.3, 0.4) is 0 Å². The zero-order valence-corrected chi connectivity index (χ0v) is 12.6. The van der Waals surface area contributed by atoms with E-state index in [1.807, 2.05) is 36.4 Å². The van der Waals surface area contributed by atoms with E-state index in [0.717, 1.165) is 11.1 Å². The number of hydrogen-bond donors (Lipinski definition) is 2. The standard InChI is InChI=1S/C18H16N2O3/c1-23-13-7-8-16-14(9-13)15(11-19-16)17(21)18(22)20-10-12-5-3-2-4-6-12/h2-9,11,19H,10H2,1H3,(H,20,22). The highest BCUT2D eigenvalue weighted by molar-refractivity contribution is 6.44. The minimum absolute atomic E-state index is 0.317. The molecular weight excluding hydrogens is 292 g/mol. The van der Waals surface area contributed by atoms with Crippen LogP contribution in [-0.4, -0.2) is 23.8 Å². The SMILES string of the molecule is COc1ccc2[nH]cc(C(=O)C(=O)NCc3ccccc3)c2c1. The van der Waals surface area contributed by atoms with Gasteiger partial charge in [0, 0.05) is 23.6 Å². The molecule has 23 heavy (non-hydrogen) atoms. The third kappa shape index (κ3) is 3.08. The van der Waals surface area contributed by atoms with Crippen molar-refractivity contribution in [3.63, 3.8) is 0 Å². The molecule has 1 amide bonds. The van der Waals surface area contributed by atoms with Crippen LogP contribution in [0.2, 0.25) is 0 Å². The molecule has 0 unspecified atom stereocenters. The third-order valence-electron chi connectivity index (χ3n) is 3.64. The van der Waals surface area contributed by atoms with Crippen LogP contribution in [-0.2, 0) is 11.3 Å². The molecule has 0 aliphatic carbocycles. The van der Waals surface area contributed by atoms with Gasteiger partial charge >= 0.3 is 0 Å². The van der Waals surface area contributed by atoms with Crippen molar-refractivity contribution in [2.45, 2.75) is 6.54 Å². The minimum Gasteiger partial charge on any atom is -0.497 e. The van der Waals surface area contributed by atoms with Crippen LogP contribution in [0.1, 0.15) is 15.9 Å². The Labute approximate surface area is 133 Å². The Kier molecular flexibility index (Phi) is 4.10. The Balaban J connectivity index is 1.78. The molecule has 3 rings (SSSR count). The van der Waals surface area contributed by atoms with E-state index in [0.29, 0.717) is 23.2 Å². The number of ether oxygens (including phenoxy) is 1. The highest BCUT2D eigenvalue weighted by Crippen LogP contribution is 2.23. The molecule has 0 bridgehead atoms. The van der Waals surface area contributed by atoms with Gasteiger partial charge in [-0.15, -0.1) is 0 Å². The zero-order valence-electron chi connectivity index (χ0n) is 12.6. The number of carbonyl (C=O) groups excluding carboxylic acids is 2. The highest BCUT2D eigenvalue weighted by Gasteiger charge is 2.20. The zero-order chi connectivity index (χ0) is 16.2. The topological polar surface area (TPSA) is 71.2 Å². The summed E-state index contributed by atoms with van der Waals surface area (Å²) in [4.78, 5) is 27.5. The van der Waals surface area contributed by atoms with Gasteiger partial charge in [0.1, 0.15) is 5.75 Å². The average molecular weight is 308 g/mol. The van der Waals surface area contributed by atoms with Crippen LogP contribution >= 0.6 is 0 Å². The lowest BCUT2D eigenvalue weighted by molar-refractivity contribution is -0.117. The summed E-state index contributed by atoms with van der Waals surface area (Å²) >= 11 is 0. The molecule has 3 aromatic rings. The van der Waals surface area contributed by atoms with Gasteiger partial charge in [-0.1, -0.05) is 30.3 Å². The molecule has 1 heterocycles. The van der Waals surface area contributed by atoms with Crippen LogP contribution in [0.25, 0.3) is 10.9 Å². The van der Waals surface area contributed by atoms with E-state index in [2.05, 4.69) is 10.3 Å². The van der Waals surface area contributed by atoms with E-state index in [-0.39, 0.29) is 0 Å². The van der Waals surface area contributed by atoms with Gasteiger partial charge in [0.25, 0.3) is 11.7 Å². The first-order valence-electron chi connectivity index (χ1n) is 7.20. The highest BCUT2D eigenvalue weighted by atomic mass is 16.5. The number of H-pyrrole nitrogens is 1. The molecule has 2 aromatic carbocycles. The fraction of sp³-hybridized carbons (Fsp3) is 0.111. The van der Waals surface area contributed by atoms with E-state index in [9.17, 15) is 9.59 Å². The number of amides is 1. The first-order chi connectivity index (χ1) is 11.2. The van der Waals surface area contributed by atoms with Gasteiger partial charge in [0.2, 0.25) is 0 Å². The molecule has 5 heteroatoms. The lowest BCUT2D eigenvalue weighted by Crippen LogP contribution is -2.30. The van der Waals surface area contributed by atoms with Crippen molar-refractivity contribution in [1.82, 2.24) is 10.3 Å².